The number of ether oxygens (including phenoxy) is 1. The Bertz CT molecular complexity index is 116. The van der Waals surface area contributed by atoms with Crippen molar-refractivity contribution in [2.24, 2.45) is 0 Å². The van der Waals surface area contributed by atoms with Crippen LogP contribution in [-0.2, 0) is 4.74 Å². The minimum Gasteiger partial charge on any atom is -0.379 e. The molecule has 0 radical (unpaired) electrons. The molecule has 0 amide bonds. The van der Waals surface area contributed by atoms with Crippen LogP contribution < -0.4 is 0 Å². The molecule has 0 aromatic rings. The molecule has 0 N–H and O–H groups in total. The largest absolute Gasteiger partial charge is 0.379 e. The highest BCUT2D eigenvalue weighted by molar-refractivity contribution is 4.89. The number of hydrogen-bond donors (Lipinski definition) is 0. The Morgan fingerprint density at radius 1 is 1.30 bits per heavy atom. The summed E-state index contributed by atoms with van der Waals surface area (Å²) in [4.78, 5) is 2.54. The van der Waals surface area contributed by atoms with Crippen LogP contribution in [0.4, 0.5) is 0 Å². The van der Waals surface area contributed by atoms with E-state index in [0.717, 1.165) is 6.04 Å². The summed E-state index contributed by atoms with van der Waals surface area (Å²) in [6.45, 7) is 2.36. The van der Waals surface area contributed by atoms with Gasteiger partial charge in [0.1, 0.15) is 0 Å². The molecule has 0 spiro atoms. The Kier molecular flexibility index (Phi) is 1.66. The molecule has 1 aliphatic heterocycles. The van der Waals surface area contributed by atoms with E-state index in [2.05, 4.69) is 4.90 Å². The minimum absolute atomic E-state index is 0.542. The lowest BCUT2D eigenvalue weighted by Crippen LogP contribution is -2.57. The van der Waals surface area contributed by atoms with Gasteiger partial charge in [0.05, 0.1) is 6.10 Å². The fraction of sp³-hybridized carbons (Fsp3) is 1.00. The number of methoxy groups -OCH3 is 1. The van der Waals surface area contributed by atoms with Crippen LogP contribution in [0.15, 0.2) is 0 Å². The van der Waals surface area contributed by atoms with Gasteiger partial charge in [0, 0.05) is 26.2 Å². The molecule has 58 valence electrons. The summed E-state index contributed by atoms with van der Waals surface area (Å²) in [5.41, 5.74) is 0. The van der Waals surface area contributed by atoms with E-state index >= 15 is 0 Å². The summed E-state index contributed by atoms with van der Waals surface area (Å²) in [6.07, 6.45) is 4.84. The Morgan fingerprint density at radius 2 is 2.00 bits per heavy atom. The van der Waals surface area contributed by atoms with Crippen LogP contribution in [0.3, 0.4) is 0 Å². The van der Waals surface area contributed by atoms with Gasteiger partial charge in [-0.15, -0.1) is 0 Å². The monoisotopic (exact) mass is 141 g/mol. The van der Waals surface area contributed by atoms with Crippen LogP contribution >= 0.6 is 0 Å². The van der Waals surface area contributed by atoms with Crippen LogP contribution in [0.2, 0.25) is 0 Å². The van der Waals surface area contributed by atoms with E-state index in [0.29, 0.717) is 6.10 Å². The zero-order valence-corrected chi connectivity index (χ0v) is 6.55. The van der Waals surface area contributed by atoms with Gasteiger partial charge < -0.3 is 4.74 Å². The molecule has 2 fully saturated rings. The van der Waals surface area contributed by atoms with Crippen LogP contribution in [0.5, 0.6) is 0 Å². The molecule has 0 atom stereocenters. The van der Waals surface area contributed by atoms with E-state index in [-0.39, 0.29) is 0 Å². The van der Waals surface area contributed by atoms with Crippen molar-refractivity contribution in [1.29, 1.82) is 0 Å². The molecule has 1 aliphatic carbocycles. The van der Waals surface area contributed by atoms with Gasteiger partial charge in [0.15, 0.2) is 0 Å². The summed E-state index contributed by atoms with van der Waals surface area (Å²) in [7, 11) is 1.81. The predicted molar refractivity (Wildman–Crippen MR) is 40.0 cm³/mol. The maximum Gasteiger partial charge on any atom is 0.0825 e. The van der Waals surface area contributed by atoms with Gasteiger partial charge >= 0.3 is 0 Å². The van der Waals surface area contributed by atoms with Crippen LogP contribution in [0.25, 0.3) is 0 Å². The number of likely N-dealkylation sites (tertiary alicyclic amines) is 1. The quantitative estimate of drug-likeness (QED) is 0.565. The van der Waals surface area contributed by atoms with Gasteiger partial charge in [-0.2, -0.15) is 0 Å². The molecular weight excluding hydrogens is 126 g/mol. The first kappa shape index (κ1) is 6.62. The lowest BCUT2D eigenvalue weighted by Gasteiger charge is -2.47. The first-order valence-electron chi connectivity index (χ1n) is 4.17. The van der Waals surface area contributed by atoms with Crippen molar-refractivity contribution in [1.82, 2.24) is 4.90 Å². The third-order valence-electron chi connectivity index (χ3n) is 2.80. The van der Waals surface area contributed by atoms with E-state index in [1.54, 1.807) is 0 Å². The van der Waals surface area contributed by atoms with Gasteiger partial charge in [0.25, 0.3) is 0 Å². The van der Waals surface area contributed by atoms with Gasteiger partial charge in [-0.3, -0.25) is 4.90 Å². The van der Waals surface area contributed by atoms with Gasteiger partial charge in [0.2, 0.25) is 0 Å². The second-order valence-electron chi connectivity index (χ2n) is 3.40. The number of nitrogens with zero attached hydrogens (tertiary/aromatic N) is 1. The Balaban J connectivity index is 1.69. The third kappa shape index (κ3) is 0.956. The highest BCUT2D eigenvalue weighted by Gasteiger charge is 2.34. The lowest BCUT2D eigenvalue weighted by atomic mass is 9.89. The van der Waals surface area contributed by atoms with Crippen molar-refractivity contribution in [3.8, 4) is 0 Å². The summed E-state index contributed by atoms with van der Waals surface area (Å²) in [5.74, 6) is 0. The molecule has 2 nitrogen and oxygen atoms in total. The fourth-order valence-electron chi connectivity index (χ4n) is 1.67. The first-order valence-corrected chi connectivity index (χ1v) is 4.17. The zero-order valence-electron chi connectivity index (χ0n) is 6.55. The maximum absolute atomic E-state index is 5.19. The van der Waals surface area contributed by atoms with E-state index in [4.69, 9.17) is 4.74 Å². The molecule has 1 heterocycles. The Hall–Kier alpha value is -0.0800. The lowest BCUT2D eigenvalue weighted by molar-refractivity contribution is -0.0659. The highest BCUT2D eigenvalue weighted by atomic mass is 16.5. The summed E-state index contributed by atoms with van der Waals surface area (Å²) in [5, 5.41) is 0. The molecule has 0 unspecified atom stereocenters. The minimum atomic E-state index is 0.542. The highest BCUT2D eigenvalue weighted by Crippen LogP contribution is 2.28. The molecule has 1 saturated heterocycles. The van der Waals surface area contributed by atoms with E-state index < -0.39 is 0 Å². The van der Waals surface area contributed by atoms with Crippen LogP contribution in [0, 0.1) is 0 Å². The maximum atomic E-state index is 5.19. The number of hydrogen-bond acceptors (Lipinski definition) is 2. The van der Waals surface area contributed by atoms with Crippen molar-refractivity contribution < 1.29 is 4.74 Å². The molecule has 2 rings (SSSR count). The predicted octanol–water partition coefficient (Wildman–Crippen LogP) is 0.869. The van der Waals surface area contributed by atoms with Gasteiger partial charge in [-0.05, 0) is 12.8 Å². The molecule has 0 bridgehead atoms. The second kappa shape index (κ2) is 2.51. The van der Waals surface area contributed by atoms with Crippen LogP contribution in [0.1, 0.15) is 19.3 Å². The molecule has 2 aliphatic rings. The Labute approximate surface area is 62.2 Å². The van der Waals surface area contributed by atoms with E-state index in [9.17, 15) is 0 Å². The normalized spacial score (nSPS) is 29.7. The standard InChI is InChI=1S/C8H15NO/c1-10-8-5-9(6-8)7-3-2-4-7/h7-8H,2-6H2,1H3. The summed E-state index contributed by atoms with van der Waals surface area (Å²) >= 11 is 0. The van der Waals surface area contributed by atoms with Crippen LogP contribution in [-0.4, -0.2) is 37.2 Å². The summed E-state index contributed by atoms with van der Waals surface area (Å²) < 4.78 is 5.19. The van der Waals surface area contributed by atoms with Crippen molar-refractivity contribution in [3.05, 3.63) is 0 Å². The zero-order chi connectivity index (χ0) is 6.97. The molecule has 10 heavy (non-hydrogen) atoms. The Morgan fingerprint density at radius 3 is 2.40 bits per heavy atom. The van der Waals surface area contributed by atoms with Gasteiger partial charge in [-0.1, -0.05) is 6.42 Å². The van der Waals surface area contributed by atoms with Gasteiger partial charge in [-0.25, -0.2) is 0 Å². The van der Waals surface area contributed by atoms with Crippen molar-refractivity contribution in [2.45, 2.75) is 31.4 Å². The average Bonchev–Trinajstić information content (AvgIpc) is 1.72. The molecule has 1 saturated carbocycles. The molecule has 0 aromatic carbocycles. The SMILES string of the molecule is COC1CN(C2CCC2)C1. The second-order valence-corrected chi connectivity index (χ2v) is 3.40. The van der Waals surface area contributed by atoms with E-state index in [1.165, 1.54) is 32.4 Å². The van der Waals surface area contributed by atoms with E-state index in [1.807, 2.05) is 7.11 Å². The van der Waals surface area contributed by atoms with Crippen molar-refractivity contribution in [3.63, 3.8) is 0 Å². The molecule has 0 aromatic heterocycles. The smallest absolute Gasteiger partial charge is 0.0825 e. The molecular formula is C8H15NO. The summed E-state index contributed by atoms with van der Waals surface area (Å²) in [6, 6.07) is 0.923. The average molecular weight is 141 g/mol. The van der Waals surface area contributed by atoms with Crippen molar-refractivity contribution in [2.75, 3.05) is 20.2 Å². The van der Waals surface area contributed by atoms with Crippen molar-refractivity contribution >= 4 is 0 Å². The number of rotatable bonds is 2. The third-order valence-corrected chi connectivity index (χ3v) is 2.80. The fourth-order valence-corrected chi connectivity index (χ4v) is 1.67. The first-order chi connectivity index (χ1) is 4.90. The molecule has 2 heteroatoms. The topological polar surface area (TPSA) is 12.5 Å².